The molecule has 2 rings (SSSR count). The lowest BCUT2D eigenvalue weighted by Crippen LogP contribution is -2.39. The molecule has 0 aromatic heterocycles. The van der Waals surface area contributed by atoms with Crippen molar-refractivity contribution in [3.63, 3.8) is 0 Å². The number of carbonyl (C=O) groups excluding carboxylic acids is 1. The second-order valence-electron chi connectivity index (χ2n) is 4.93. The van der Waals surface area contributed by atoms with Gasteiger partial charge in [0.1, 0.15) is 24.2 Å². The highest BCUT2D eigenvalue weighted by Gasteiger charge is 2.39. The van der Waals surface area contributed by atoms with Crippen molar-refractivity contribution in [2.75, 3.05) is 25.0 Å². The Morgan fingerprint density at radius 3 is 2.77 bits per heavy atom. The maximum absolute atomic E-state index is 13.2. The number of nitrogens with zero attached hydrogens (tertiary/aromatic N) is 1. The largest absolute Gasteiger partial charge is 0.492 e. The second kappa shape index (κ2) is 6.41. The molecule has 0 saturated carbocycles. The highest BCUT2D eigenvalue weighted by Crippen LogP contribution is 2.29. The van der Waals surface area contributed by atoms with Gasteiger partial charge in [-0.25, -0.2) is 4.39 Å². The molecule has 0 spiro atoms. The monoisotopic (exact) mass is 320 g/mol. The summed E-state index contributed by atoms with van der Waals surface area (Å²) in [6, 6.07) is 2.99. The first kappa shape index (κ1) is 16.4. The van der Waals surface area contributed by atoms with Crippen LogP contribution in [0.15, 0.2) is 18.2 Å². The third kappa shape index (κ3) is 4.02. The van der Waals surface area contributed by atoms with Crippen molar-refractivity contribution in [3.8, 4) is 5.75 Å². The fourth-order valence-corrected chi connectivity index (χ4v) is 2.32. The van der Waals surface area contributed by atoms with Gasteiger partial charge in [0.15, 0.2) is 0 Å². The number of nitrogens with one attached hydrogen (secondary N) is 1. The Morgan fingerprint density at radius 2 is 2.14 bits per heavy atom. The van der Waals surface area contributed by atoms with Gasteiger partial charge in [-0.1, -0.05) is 0 Å². The number of ether oxygens (including phenoxy) is 1. The molecule has 8 heteroatoms. The molecular formula is C14H16F4N2O2. The Hall–Kier alpha value is -1.99. The van der Waals surface area contributed by atoms with Crippen LogP contribution >= 0.6 is 0 Å². The molecule has 22 heavy (non-hydrogen) atoms. The Bertz CT molecular complexity index is 548. The highest BCUT2D eigenvalue weighted by molar-refractivity contribution is 5.87. The molecule has 1 aliphatic heterocycles. The molecule has 1 aliphatic rings. The molecule has 1 N–H and O–H groups in total. The normalized spacial score (nSPS) is 18.7. The van der Waals surface area contributed by atoms with Gasteiger partial charge in [0, 0.05) is 12.6 Å². The molecule has 1 fully saturated rings. The van der Waals surface area contributed by atoms with Crippen molar-refractivity contribution in [2.24, 2.45) is 0 Å². The molecule has 122 valence electrons. The van der Waals surface area contributed by atoms with E-state index in [1.165, 1.54) is 18.2 Å². The van der Waals surface area contributed by atoms with Gasteiger partial charge in [0.2, 0.25) is 5.91 Å². The van der Waals surface area contributed by atoms with Crippen molar-refractivity contribution in [1.29, 1.82) is 0 Å². The Morgan fingerprint density at radius 1 is 1.41 bits per heavy atom. The molecule has 0 bridgehead atoms. The third-order valence-electron chi connectivity index (χ3n) is 3.24. The topological polar surface area (TPSA) is 41.6 Å². The van der Waals surface area contributed by atoms with E-state index in [1.54, 1.807) is 6.92 Å². The summed E-state index contributed by atoms with van der Waals surface area (Å²) < 4.78 is 55.6. The standard InChI is InChI=1S/C14H16F4N2O2/c1-2-22-12-7-9(15)3-4-10(12)19-11-5-6-20(13(11)21)8-14(16,17)18/h3-4,7,11,19H,2,5-6,8H2,1H3/t11-/m1/s1. The van der Waals surface area contributed by atoms with Crippen molar-refractivity contribution in [1.82, 2.24) is 4.90 Å². The maximum Gasteiger partial charge on any atom is 0.406 e. The van der Waals surface area contributed by atoms with Crippen LogP contribution in [0.5, 0.6) is 5.75 Å². The summed E-state index contributed by atoms with van der Waals surface area (Å²) in [5.41, 5.74) is 0.385. The summed E-state index contributed by atoms with van der Waals surface area (Å²) in [5.74, 6) is -0.890. The SMILES string of the molecule is CCOc1cc(F)ccc1N[C@@H]1CCN(CC(F)(F)F)C1=O. The minimum Gasteiger partial charge on any atom is -0.492 e. The van der Waals surface area contributed by atoms with Crippen LogP contribution in [-0.2, 0) is 4.79 Å². The van der Waals surface area contributed by atoms with E-state index in [0.717, 1.165) is 4.90 Å². The lowest BCUT2D eigenvalue weighted by molar-refractivity contribution is -0.157. The number of amides is 1. The molecule has 1 aromatic rings. The summed E-state index contributed by atoms with van der Waals surface area (Å²) in [5, 5.41) is 2.84. The van der Waals surface area contributed by atoms with Gasteiger partial charge in [-0.15, -0.1) is 0 Å². The van der Waals surface area contributed by atoms with Gasteiger partial charge in [-0.3, -0.25) is 4.79 Å². The second-order valence-corrected chi connectivity index (χ2v) is 4.93. The lowest BCUT2D eigenvalue weighted by atomic mass is 10.2. The molecule has 0 unspecified atom stereocenters. The molecule has 1 heterocycles. The number of halogens is 4. The number of alkyl halides is 3. The van der Waals surface area contributed by atoms with Crippen molar-refractivity contribution >= 4 is 11.6 Å². The van der Waals surface area contributed by atoms with Crippen molar-refractivity contribution in [2.45, 2.75) is 25.6 Å². The van der Waals surface area contributed by atoms with Crippen LogP contribution in [0.25, 0.3) is 0 Å². The molecule has 1 amide bonds. The zero-order valence-corrected chi connectivity index (χ0v) is 11.9. The first-order valence-corrected chi connectivity index (χ1v) is 6.84. The minimum atomic E-state index is -4.42. The van der Waals surface area contributed by atoms with Gasteiger partial charge in [0.05, 0.1) is 12.3 Å². The fraction of sp³-hybridized carbons (Fsp3) is 0.500. The van der Waals surface area contributed by atoms with E-state index < -0.39 is 30.5 Å². The first-order chi connectivity index (χ1) is 10.3. The number of likely N-dealkylation sites (tertiary alicyclic amines) is 1. The Labute approximate surface area is 125 Å². The third-order valence-corrected chi connectivity index (χ3v) is 3.24. The average Bonchev–Trinajstić information content (AvgIpc) is 2.73. The zero-order valence-electron chi connectivity index (χ0n) is 11.9. The molecular weight excluding hydrogens is 304 g/mol. The van der Waals surface area contributed by atoms with Crippen molar-refractivity contribution in [3.05, 3.63) is 24.0 Å². The number of rotatable bonds is 5. The van der Waals surface area contributed by atoms with Gasteiger partial charge in [0.25, 0.3) is 0 Å². The van der Waals surface area contributed by atoms with Gasteiger partial charge in [-0.2, -0.15) is 13.2 Å². The fourth-order valence-electron chi connectivity index (χ4n) is 2.32. The molecule has 0 radical (unpaired) electrons. The summed E-state index contributed by atoms with van der Waals surface area (Å²) in [4.78, 5) is 12.7. The van der Waals surface area contributed by atoms with Crippen LogP contribution in [0.4, 0.5) is 23.2 Å². The van der Waals surface area contributed by atoms with E-state index in [-0.39, 0.29) is 18.7 Å². The summed E-state index contributed by atoms with van der Waals surface area (Å²) >= 11 is 0. The summed E-state index contributed by atoms with van der Waals surface area (Å²) in [6.45, 7) is 0.796. The van der Waals surface area contributed by atoms with E-state index in [0.29, 0.717) is 12.3 Å². The highest BCUT2D eigenvalue weighted by atomic mass is 19.4. The number of benzene rings is 1. The Balaban J connectivity index is 2.07. The van der Waals surface area contributed by atoms with Crippen LogP contribution in [0.3, 0.4) is 0 Å². The van der Waals surface area contributed by atoms with Crippen LogP contribution in [0.1, 0.15) is 13.3 Å². The molecule has 4 nitrogen and oxygen atoms in total. The van der Waals surface area contributed by atoms with E-state index in [4.69, 9.17) is 4.74 Å². The predicted octanol–water partition coefficient (Wildman–Crippen LogP) is 2.80. The molecule has 1 atom stereocenters. The average molecular weight is 320 g/mol. The first-order valence-electron chi connectivity index (χ1n) is 6.84. The van der Waals surface area contributed by atoms with Crippen LogP contribution in [-0.4, -0.2) is 42.7 Å². The Kier molecular flexibility index (Phi) is 4.77. The van der Waals surface area contributed by atoms with E-state index in [1.807, 2.05) is 0 Å². The van der Waals surface area contributed by atoms with E-state index in [2.05, 4.69) is 5.32 Å². The molecule has 0 aliphatic carbocycles. The maximum atomic E-state index is 13.2. The number of anilines is 1. The zero-order chi connectivity index (χ0) is 16.3. The number of carbonyl (C=O) groups is 1. The van der Waals surface area contributed by atoms with E-state index >= 15 is 0 Å². The molecule has 1 saturated heterocycles. The van der Waals surface area contributed by atoms with Crippen molar-refractivity contribution < 1.29 is 27.1 Å². The smallest absolute Gasteiger partial charge is 0.406 e. The predicted molar refractivity (Wildman–Crippen MR) is 72.2 cm³/mol. The van der Waals surface area contributed by atoms with Gasteiger partial charge >= 0.3 is 6.18 Å². The lowest BCUT2D eigenvalue weighted by Gasteiger charge is -2.20. The number of hydrogen-bond donors (Lipinski definition) is 1. The number of hydrogen-bond acceptors (Lipinski definition) is 3. The van der Waals surface area contributed by atoms with Gasteiger partial charge in [-0.05, 0) is 25.5 Å². The van der Waals surface area contributed by atoms with Crippen LogP contribution < -0.4 is 10.1 Å². The quantitative estimate of drug-likeness (QED) is 0.848. The molecule has 1 aromatic carbocycles. The van der Waals surface area contributed by atoms with Crippen LogP contribution in [0.2, 0.25) is 0 Å². The van der Waals surface area contributed by atoms with Crippen LogP contribution in [0, 0.1) is 5.82 Å². The van der Waals surface area contributed by atoms with Gasteiger partial charge < -0.3 is 15.0 Å². The van der Waals surface area contributed by atoms with E-state index in [9.17, 15) is 22.4 Å². The summed E-state index contributed by atoms with van der Waals surface area (Å²) in [6.07, 6.45) is -4.17. The minimum absolute atomic E-state index is 0.0289. The summed E-state index contributed by atoms with van der Waals surface area (Å²) in [7, 11) is 0.